The minimum atomic E-state index is -0.568. The topological polar surface area (TPSA) is 30.9 Å². The Labute approximate surface area is 129 Å². The van der Waals surface area contributed by atoms with Gasteiger partial charge in [-0.2, -0.15) is 0 Å². The van der Waals surface area contributed by atoms with Crippen LogP contribution in [0, 0.1) is 11.6 Å². The van der Waals surface area contributed by atoms with Crippen LogP contribution < -0.4 is 5.73 Å². The van der Waals surface area contributed by atoms with Gasteiger partial charge in [-0.05, 0) is 45.1 Å². The predicted octanol–water partition coefficient (Wildman–Crippen LogP) is 4.19. The standard InChI is InChI=1S/C16H13BrF2N2/c17-13-4-5-14(18)12(15(13)19)9-21-7-6-10-2-1-3-11(8-20)16(10)21/h1-7H,8-9,20H2. The number of fused-ring (bicyclic) bond motifs is 1. The molecule has 0 aliphatic heterocycles. The smallest absolute Gasteiger partial charge is 0.145 e. The van der Waals surface area contributed by atoms with Crippen LogP contribution in [0.2, 0.25) is 0 Å². The number of benzene rings is 2. The number of aromatic nitrogens is 1. The van der Waals surface area contributed by atoms with Gasteiger partial charge in [0.05, 0.1) is 16.5 Å². The van der Waals surface area contributed by atoms with Crippen LogP contribution in [0.1, 0.15) is 11.1 Å². The summed E-state index contributed by atoms with van der Waals surface area (Å²) in [5, 5.41) is 1.01. The van der Waals surface area contributed by atoms with Crippen LogP contribution in [0.4, 0.5) is 8.78 Å². The normalized spacial score (nSPS) is 11.2. The number of hydrogen-bond acceptors (Lipinski definition) is 1. The summed E-state index contributed by atoms with van der Waals surface area (Å²) in [4.78, 5) is 0. The summed E-state index contributed by atoms with van der Waals surface area (Å²) in [7, 11) is 0. The maximum Gasteiger partial charge on any atom is 0.145 e. The summed E-state index contributed by atoms with van der Waals surface area (Å²) in [6.07, 6.45) is 1.82. The lowest BCUT2D eigenvalue weighted by Gasteiger charge is -2.11. The molecule has 21 heavy (non-hydrogen) atoms. The van der Waals surface area contributed by atoms with Gasteiger partial charge in [-0.1, -0.05) is 18.2 Å². The van der Waals surface area contributed by atoms with Crippen molar-refractivity contribution in [2.24, 2.45) is 5.73 Å². The van der Waals surface area contributed by atoms with Gasteiger partial charge in [0.2, 0.25) is 0 Å². The SMILES string of the molecule is NCc1cccc2ccn(Cc3c(F)ccc(Br)c3F)c12. The van der Waals surface area contributed by atoms with Crippen molar-refractivity contribution in [3.63, 3.8) is 0 Å². The molecule has 1 aromatic heterocycles. The molecule has 3 aromatic rings. The van der Waals surface area contributed by atoms with Crippen molar-refractivity contribution in [1.82, 2.24) is 4.57 Å². The van der Waals surface area contributed by atoms with Gasteiger partial charge in [0.15, 0.2) is 0 Å². The molecule has 0 radical (unpaired) electrons. The minimum Gasteiger partial charge on any atom is -0.343 e. The zero-order valence-corrected chi connectivity index (χ0v) is 12.7. The highest BCUT2D eigenvalue weighted by atomic mass is 79.9. The molecule has 0 spiro atoms. The lowest BCUT2D eigenvalue weighted by molar-refractivity contribution is 0.543. The zero-order chi connectivity index (χ0) is 15.0. The van der Waals surface area contributed by atoms with Crippen molar-refractivity contribution in [2.75, 3.05) is 0 Å². The number of halogens is 3. The van der Waals surface area contributed by atoms with E-state index in [1.165, 1.54) is 12.1 Å². The van der Waals surface area contributed by atoms with Crippen molar-refractivity contribution in [2.45, 2.75) is 13.1 Å². The molecule has 2 aromatic carbocycles. The first-order valence-corrected chi connectivity index (χ1v) is 7.30. The average molecular weight is 351 g/mol. The summed E-state index contributed by atoms with van der Waals surface area (Å²) in [5.74, 6) is -1.12. The average Bonchev–Trinajstić information content (AvgIpc) is 2.91. The molecule has 1 heterocycles. The van der Waals surface area contributed by atoms with Crippen LogP contribution in [0.3, 0.4) is 0 Å². The number of para-hydroxylation sites is 1. The second kappa shape index (κ2) is 5.58. The van der Waals surface area contributed by atoms with Gasteiger partial charge >= 0.3 is 0 Å². The molecule has 2 N–H and O–H groups in total. The molecule has 0 atom stereocenters. The Kier molecular flexibility index (Phi) is 3.78. The van der Waals surface area contributed by atoms with Crippen LogP contribution in [-0.4, -0.2) is 4.57 Å². The fourth-order valence-electron chi connectivity index (χ4n) is 2.52. The maximum atomic E-state index is 14.1. The van der Waals surface area contributed by atoms with Crippen LogP contribution >= 0.6 is 15.9 Å². The van der Waals surface area contributed by atoms with E-state index in [4.69, 9.17) is 5.73 Å². The summed E-state index contributed by atoms with van der Waals surface area (Å²) in [6.45, 7) is 0.502. The van der Waals surface area contributed by atoms with E-state index in [2.05, 4.69) is 15.9 Å². The van der Waals surface area contributed by atoms with Gasteiger partial charge in [0, 0.05) is 18.3 Å². The third-order valence-electron chi connectivity index (χ3n) is 3.56. The molecule has 108 valence electrons. The third kappa shape index (κ3) is 2.47. The number of rotatable bonds is 3. The molecule has 3 rings (SSSR count). The summed E-state index contributed by atoms with van der Waals surface area (Å²) in [5.41, 5.74) is 7.66. The van der Waals surface area contributed by atoms with Gasteiger partial charge in [0.1, 0.15) is 11.6 Å². The van der Waals surface area contributed by atoms with Crippen molar-refractivity contribution >= 4 is 26.8 Å². The first-order valence-electron chi connectivity index (χ1n) is 6.51. The highest BCUT2D eigenvalue weighted by Gasteiger charge is 2.14. The Morgan fingerprint density at radius 2 is 1.90 bits per heavy atom. The molecule has 2 nitrogen and oxygen atoms in total. The maximum absolute atomic E-state index is 14.1. The lowest BCUT2D eigenvalue weighted by atomic mass is 10.1. The first kappa shape index (κ1) is 14.2. The van der Waals surface area contributed by atoms with E-state index in [0.717, 1.165) is 16.5 Å². The minimum absolute atomic E-state index is 0.0358. The molecule has 0 unspecified atom stereocenters. The van der Waals surface area contributed by atoms with Gasteiger partial charge in [0.25, 0.3) is 0 Å². The fraction of sp³-hybridized carbons (Fsp3) is 0.125. The van der Waals surface area contributed by atoms with E-state index in [9.17, 15) is 8.78 Å². The Balaban J connectivity index is 2.13. The second-order valence-corrected chi connectivity index (χ2v) is 5.68. The van der Waals surface area contributed by atoms with Crippen LogP contribution in [0.5, 0.6) is 0 Å². The third-order valence-corrected chi connectivity index (χ3v) is 4.17. The lowest BCUT2D eigenvalue weighted by Crippen LogP contribution is -2.07. The molecule has 0 amide bonds. The Morgan fingerprint density at radius 1 is 1.10 bits per heavy atom. The van der Waals surface area contributed by atoms with Crippen LogP contribution in [-0.2, 0) is 13.1 Å². The van der Waals surface area contributed by atoms with Crippen LogP contribution in [0.25, 0.3) is 10.9 Å². The zero-order valence-electron chi connectivity index (χ0n) is 11.1. The van der Waals surface area contributed by atoms with E-state index >= 15 is 0 Å². The number of nitrogens with zero attached hydrogens (tertiary/aromatic N) is 1. The quantitative estimate of drug-likeness (QED) is 0.705. The predicted molar refractivity (Wildman–Crippen MR) is 83.0 cm³/mol. The molecule has 0 bridgehead atoms. The monoisotopic (exact) mass is 350 g/mol. The van der Waals surface area contributed by atoms with Gasteiger partial charge < -0.3 is 10.3 Å². The van der Waals surface area contributed by atoms with Gasteiger partial charge in [-0.25, -0.2) is 8.78 Å². The molecule has 0 aliphatic rings. The number of hydrogen-bond donors (Lipinski definition) is 1. The van der Waals surface area contributed by atoms with E-state index < -0.39 is 11.6 Å². The van der Waals surface area contributed by atoms with Crippen molar-refractivity contribution in [1.29, 1.82) is 0 Å². The summed E-state index contributed by atoms with van der Waals surface area (Å²) < 4.78 is 30.1. The Hall–Kier alpha value is -1.72. The highest BCUT2D eigenvalue weighted by molar-refractivity contribution is 9.10. The highest BCUT2D eigenvalue weighted by Crippen LogP contribution is 2.25. The molecular formula is C16H13BrF2N2. The van der Waals surface area contributed by atoms with E-state index in [0.29, 0.717) is 6.54 Å². The van der Waals surface area contributed by atoms with Gasteiger partial charge in [-0.3, -0.25) is 0 Å². The van der Waals surface area contributed by atoms with Crippen molar-refractivity contribution in [3.8, 4) is 0 Å². The Morgan fingerprint density at radius 3 is 2.67 bits per heavy atom. The molecule has 0 aliphatic carbocycles. The number of nitrogens with two attached hydrogens (primary N) is 1. The first-order chi connectivity index (χ1) is 10.1. The summed E-state index contributed by atoms with van der Waals surface area (Å²) >= 11 is 3.09. The van der Waals surface area contributed by atoms with E-state index in [1.54, 1.807) is 0 Å². The molecule has 0 saturated heterocycles. The van der Waals surface area contributed by atoms with Gasteiger partial charge in [-0.15, -0.1) is 0 Å². The van der Waals surface area contributed by atoms with E-state index in [-0.39, 0.29) is 16.6 Å². The second-order valence-electron chi connectivity index (χ2n) is 4.82. The molecule has 0 saturated carbocycles. The van der Waals surface area contributed by atoms with E-state index in [1.807, 2.05) is 35.0 Å². The molecule has 5 heteroatoms. The van der Waals surface area contributed by atoms with Crippen molar-refractivity contribution < 1.29 is 8.78 Å². The van der Waals surface area contributed by atoms with Crippen LogP contribution in [0.15, 0.2) is 47.1 Å². The largest absolute Gasteiger partial charge is 0.343 e. The summed E-state index contributed by atoms with van der Waals surface area (Å²) in [6, 6.07) is 10.4. The Bertz CT molecular complexity index is 811. The fourth-order valence-corrected chi connectivity index (χ4v) is 2.89. The van der Waals surface area contributed by atoms with Crippen molar-refractivity contribution in [3.05, 3.63) is 69.8 Å². The molecule has 0 fully saturated rings. The molecular weight excluding hydrogens is 338 g/mol.